The SMILES string of the molecule is COc1cc(N2CC[C@@H]3[C@@H]2CCN3C(=O)c2ccccn2)ncn1. The van der Waals surface area contributed by atoms with Crippen LogP contribution in [0.4, 0.5) is 5.82 Å². The van der Waals surface area contributed by atoms with Crippen LogP contribution in [0.15, 0.2) is 36.8 Å². The number of aromatic nitrogens is 3. The van der Waals surface area contributed by atoms with Crippen molar-refractivity contribution >= 4 is 11.7 Å². The molecule has 7 nitrogen and oxygen atoms in total. The summed E-state index contributed by atoms with van der Waals surface area (Å²) in [5, 5.41) is 0. The number of pyridine rings is 1. The first kappa shape index (κ1) is 14.9. The van der Waals surface area contributed by atoms with E-state index in [1.54, 1.807) is 19.4 Å². The summed E-state index contributed by atoms with van der Waals surface area (Å²) in [6.45, 7) is 1.63. The number of fused-ring (bicyclic) bond motifs is 1. The first-order valence-electron chi connectivity index (χ1n) is 8.12. The van der Waals surface area contributed by atoms with Gasteiger partial charge in [0.15, 0.2) is 0 Å². The minimum atomic E-state index is 0.0187. The minimum Gasteiger partial charge on any atom is -0.481 e. The Bertz CT molecular complexity index is 739. The van der Waals surface area contributed by atoms with Crippen molar-refractivity contribution in [1.82, 2.24) is 19.9 Å². The van der Waals surface area contributed by atoms with Crippen LogP contribution < -0.4 is 9.64 Å². The van der Waals surface area contributed by atoms with Crippen molar-refractivity contribution in [2.24, 2.45) is 0 Å². The molecule has 2 fully saturated rings. The van der Waals surface area contributed by atoms with E-state index in [1.807, 2.05) is 23.1 Å². The minimum absolute atomic E-state index is 0.0187. The van der Waals surface area contributed by atoms with E-state index in [1.165, 1.54) is 6.33 Å². The number of ether oxygens (including phenoxy) is 1. The molecule has 4 rings (SSSR count). The Morgan fingerprint density at radius 1 is 1.17 bits per heavy atom. The van der Waals surface area contributed by atoms with Crippen LogP contribution in [0.2, 0.25) is 0 Å². The van der Waals surface area contributed by atoms with Crippen molar-refractivity contribution in [3.8, 4) is 5.88 Å². The molecule has 24 heavy (non-hydrogen) atoms. The third-order valence-electron chi connectivity index (χ3n) is 4.85. The molecule has 0 saturated carbocycles. The highest BCUT2D eigenvalue weighted by Gasteiger charge is 2.45. The van der Waals surface area contributed by atoms with E-state index in [-0.39, 0.29) is 18.0 Å². The lowest BCUT2D eigenvalue weighted by Crippen LogP contribution is -2.40. The zero-order chi connectivity index (χ0) is 16.5. The predicted octanol–water partition coefficient (Wildman–Crippen LogP) is 1.37. The van der Waals surface area contributed by atoms with Gasteiger partial charge >= 0.3 is 0 Å². The standard InChI is InChI=1S/C17H19N5O2/c1-24-16-10-15(19-11-20-16)21-8-5-14-13(21)6-9-22(14)17(23)12-4-2-3-7-18-12/h2-4,7,10-11,13-14H,5-6,8-9H2,1H3/t13-,14+/m0/s1. The first-order valence-corrected chi connectivity index (χ1v) is 8.12. The number of hydrogen-bond acceptors (Lipinski definition) is 6. The average molecular weight is 325 g/mol. The van der Waals surface area contributed by atoms with Crippen LogP contribution >= 0.6 is 0 Å². The average Bonchev–Trinajstić information content (AvgIpc) is 3.24. The van der Waals surface area contributed by atoms with Gasteiger partial charge in [-0.15, -0.1) is 0 Å². The predicted molar refractivity (Wildman–Crippen MR) is 88.0 cm³/mol. The second-order valence-corrected chi connectivity index (χ2v) is 6.04. The second-order valence-electron chi connectivity index (χ2n) is 6.04. The van der Waals surface area contributed by atoms with Gasteiger partial charge in [-0.3, -0.25) is 9.78 Å². The van der Waals surface area contributed by atoms with E-state index in [4.69, 9.17) is 4.74 Å². The largest absolute Gasteiger partial charge is 0.481 e. The quantitative estimate of drug-likeness (QED) is 0.849. The normalized spacial score (nSPS) is 22.5. The van der Waals surface area contributed by atoms with Crippen molar-refractivity contribution in [2.75, 3.05) is 25.1 Å². The van der Waals surface area contributed by atoms with E-state index >= 15 is 0 Å². The van der Waals surface area contributed by atoms with E-state index in [0.717, 1.165) is 31.7 Å². The van der Waals surface area contributed by atoms with E-state index < -0.39 is 0 Å². The van der Waals surface area contributed by atoms with Crippen LogP contribution in [0.25, 0.3) is 0 Å². The molecule has 0 aromatic carbocycles. The lowest BCUT2D eigenvalue weighted by Gasteiger charge is -2.26. The monoisotopic (exact) mass is 325 g/mol. The number of hydrogen-bond donors (Lipinski definition) is 0. The zero-order valence-electron chi connectivity index (χ0n) is 13.5. The van der Waals surface area contributed by atoms with Crippen LogP contribution in [-0.2, 0) is 0 Å². The van der Waals surface area contributed by atoms with E-state index in [2.05, 4.69) is 19.9 Å². The van der Waals surface area contributed by atoms with Crippen molar-refractivity contribution in [1.29, 1.82) is 0 Å². The van der Waals surface area contributed by atoms with Gasteiger partial charge in [0.25, 0.3) is 5.91 Å². The van der Waals surface area contributed by atoms with Gasteiger partial charge in [-0.25, -0.2) is 9.97 Å². The van der Waals surface area contributed by atoms with Crippen molar-refractivity contribution in [2.45, 2.75) is 24.9 Å². The number of rotatable bonds is 3. The lowest BCUT2D eigenvalue weighted by molar-refractivity contribution is 0.0731. The summed E-state index contributed by atoms with van der Waals surface area (Å²) in [7, 11) is 1.60. The third-order valence-corrected chi connectivity index (χ3v) is 4.85. The molecule has 7 heteroatoms. The Morgan fingerprint density at radius 3 is 2.83 bits per heavy atom. The molecule has 0 aliphatic carbocycles. The molecular formula is C17H19N5O2. The van der Waals surface area contributed by atoms with E-state index in [9.17, 15) is 4.79 Å². The van der Waals surface area contributed by atoms with Crippen LogP contribution in [0.1, 0.15) is 23.3 Å². The molecule has 0 radical (unpaired) electrons. The Labute approximate surface area is 140 Å². The summed E-state index contributed by atoms with van der Waals surface area (Å²) >= 11 is 0. The summed E-state index contributed by atoms with van der Waals surface area (Å²) in [5.41, 5.74) is 0.514. The fourth-order valence-electron chi connectivity index (χ4n) is 3.76. The Balaban J connectivity index is 1.54. The van der Waals surface area contributed by atoms with Gasteiger partial charge in [0.05, 0.1) is 19.2 Å². The molecule has 2 aliphatic heterocycles. The molecule has 124 valence electrons. The first-order chi connectivity index (χ1) is 11.8. The van der Waals surface area contributed by atoms with Gasteiger partial charge < -0.3 is 14.5 Å². The number of carbonyl (C=O) groups is 1. The zero-order valence-corrected chi connectivity index (χ0v) is 13.5. The molecule has 2 atom stereocenters. The Morgan fingerprint density at radius 2 is 2.04 bits per heavy atom. The topological polar surface area (TPSA) is 71.5 Å². The molecule has 2 saturated heterocycles. The summed E-state index contributed by atoms with van der Waals surface area (Å²) in [6, 6.07) is 7.80. The van der Waals surface area contributed by atoms with Gasteiger partial charge in [0, 0.05) is 25.4 Å². The van der Waals surface area contributed by atoms with Crippen molar-refractivity contribution in [3.05, 3.63) is 42.5 Å². The molecule has 0 bridgehead atoms. The number of methoxy groups -OCH3 is 1. The lowest BCUT2D eigenvalue weighted by atomic mass is 10.1. The molecule has 2 aromatic rings. The number of anilines is 1. The number of amides is 1. The molecule has 0 N–H and O–H groups in total. The van der Waals surface area contributed by atoms with Gasteiger partial charge in [0.2, 0.25) is 5.88 Å². The van der Waals surface area contributed by atoms with Crippen LogP contribution in [0, 0.1) is 0 Å². The second kappa shape index (κ2) is 6.07. The van der Waals surface area contributed by atoms with Crippen LogP contribution in [0.3, 0.4) is 0 Å². The smallest absolute Gasteiger partial charge is 0.272 e. The van der Waals surface area contributed by atoms with Crippen LogP contribution in [0.5, 0.6) is 5.88 Å². The number of carbonyl (C=O) groups excluding carboxylic acids is 1. The maximum atomic E-state index is 12.7. The van der Waals surface area contributed by atoms with Crippen LogP contribution in [-0.4, -0.2) is 58.0 Å². The third kappa shape index (κ3) is 2.46. The fourth-order valence-corrected chi connectivity index (χ4v) is 3.76. The number of likely N-dealkylation sites (tertiary alicyclic amines) is 1. The molecular weight excluding hydrogens is 306 g/mol. The van der Waals surface area contributed by atoms with Gasteiger partial charge in [-0.2, -0.15) is 0 Å². The van der Waals surface area contributed by atoms with Gasteiger partial charge in [-0.1, -0.05) is 6.07 Å². The van der Waals surface area contributed by atoms with Crippen molar-refractivity contribution in [3.63, 3.8) is 0 Å². The van der Waals surface area contributed by atoms with Gasteiger partial charge in [-0.05, 0) is 25.0 Å². The summed E-state index contributed by atoms with van der Waals surface area (Å²) in [5.74, 6) is 1.44. The summed E-state index contributed by atoms with van der Waals surface area (Å²) in [6.07, 6.45) is 5.06. The maximum Gasteiger partial charge on any atom is 0.272 e. The highest BCUT2D eigenvalue weighted by Crippen LogP contribution is 2.35. The summed E-state index contributed by atoms with van der Waals surface area (Å²) < 4.78 is 5.19. The Kier molecular flexibility index (Phi) is 3.76. The van der Waals surface area contributed by atoms with Gasteiger partial charge in [0.1, 0.15) is 17.8 Å². The highest BCUT2D eigenvalue weighted by molar-refractivity contribution is 5.92. The molecule has 2 aliphatic rings. The number of nitrogens with zero attached hydrogens (tertiary/aromatic N) is 5. The van der Waals surface area contributed by atoms with Crippen molar-refractivity contribution < 1.29 is 9.53 Å². The molecule has 0 spiro atoms. The molecule has 4 heterocycles. The molecule has 0 unspecified atom stereocenters. The fraction of sp³-hybridized carbons (Fsp3) is 0.412. The molecule has 1 amide bonds. The Hall–Kier alpha value is -2.70. The molecule has 2 aromatic heterocycles. The highest BCUT2D eigenvalue weighted by atomic mass is 16.5. The summed E-state index contributed by atoms with van der Waals surface area (Å²) in [4.78, 5) is 29.6. The van der Waals surface area contributed by atoms with E-state index in [0.29, 0.717) is 11.6 Å². The maximum absolute atomic E-state index is 12.7.